The van der Waals surface area contributed by atoms with Crippen LogP contribution in [0.15, 0.2) is 243 Å². The van der Waals surface area contributed by atoms with Gasteiger partial charge in [0.05, 0.1) is 0 Å². The molecule has 1 fully saturated rings. The average molecular weight is 964 g/mol. The zero-order valence-electron chi connectivity index (χ0n) is 31.7. The molecule has 0 amide bonds. The molecule has 0 spiro atoms. The van der Waals surface area contributed by atoms with Gasteiger partial charge in [0, 0.05) is 29.6 Å². The van der Waals surface area contributed by atoms with Crippen LogP contribution in [0.3, 0.4) is 0 Å². The van der Waals surface area contributed by atoms with Crippen LogP contribution in [0.2, 0.25) is 0 Å². The van der Waals surface area contributed by atoms with Crippen molar-refractivity contribution in [2.45, 2.75) is 0 Å². The molecule has 0 unspecified atom stereocenters. The van der Waals surface area contributed by atoms with Gasteiger partial charge in [0.2, 0.25) is 0 Å². The second-order valence-electron chi connectivity index (χ2n) is 13.0. The molecule has 1 aliphatic rings. The second kappa shape index (κ2) is 23.0. The van der Waals surface area contributed by atoms with Gasteiger partial charge in [-0.1, -0.05) is 243 Å². The minimum absolute atomic E-state index is 0.446. The number of hydrogen-bond acceptors (Lipinski definition) is 0. The summed E-state index contributed by atoms with van der Waals surface area (Å²) in [7, 11) is -0.446. The van der Waals surface area contributed by atoms with Gasteiger partial charge in [0.25, 0.3) is 0 Å². The number of hydrogen-bond donors (Lipinski definition) is 0. The van der Waals surface area contributed by atoms with Crippen molar-refractivity contribution in [2.75, 3.05) is 0 Å². The number of halogens is 1. The quantitative estimate of drug-likeness (QED) is 0.0475. The maximum Gasteiger partial charge on any atom is 0.0299 e. The smallest absolute Gasteiger partial charge is 0.0299 e. The molecule has 1 nitrogen and oxygen atoms in total. The van der Waals surface area contributed by atoms with E-state index in [9.17, 15) is 0 Å². The van der Waals surface area contributed by atoms with Crippen LogP contribution < -0.4 is 15.9 Å². The van der Waals surface area contributed by atoms with E-state index in [0.717, 1.165) is 0 Å². The van der Waals surface area contributed by atoms with Gasteiger partial charge in [-0.25, -0.2) is 0 Å². The molecule has 0 aliphatic heterocycles. The van der Waals surface area contributed by atoms with E-state index in [1.165, 1.54) is 73.3 Å². The van der Waals surface area contributed by atoms with Crippen molar-refractivity contribution in [2.24, 2.45) is 0 Å². The normalized spacial score (nSPS) is 13.3. The van der Waals surface area contributed by atoms with Gasteiger partial charge in [-0.2, -0.15) is 0 Å². The Morgan fingerprint density at radius 1 is 0.259 bits per heavy atom. The Hall–Kier alpha value is -4.72. The molecule has 9 rings (SSSR count). The van der Waals surface area contributed by atoms with E-state index in [-0.39, 0.29) is 0 Å². The largest absolute Gasteiger partial charge is 0.0622 e. The maximum absolute atomic E-state index is 7.50. The second-order valence-corrected chi connectivity index (χ2v) is 15.3. The summed E-state index contributed by atoms with van der Waals surface area (Å²) in [6.45, 7) is 4.50. The molecule has 0 N–H and O–H groups in total. The van der Waals surface area contributed by atoms with Crippen LogP contribution in [-0.2, 0) is 19.4 Å². The van der Waals surface area contributed by atoms with Crippen molar-refractivity contribution >= 4 is 43.6 Å². The van der Waals surface area contributed by atoms with E-state index in [2.05, 4.69) is 284 Å². The summed E-state index contributed by atoms with van der Waals surface area (Å²) in [6, 6.07) is 86.5. The first-order valence-corrected chi connectivity index (χ1v) is 25.3. The fourth-order valence-electron chi connectivity index (χ4n) is 7.27. The molecule has 0 saturated heterocycles. The molecule has 4 heteroatoms. The van der Waals surface area contributed by atoms with Gasteiger partial charge in [-0.3, -0.25) is 0 Å². The van der Waals surface area contributed by atoms with Crippen molar-refractivity contribution in [1.29, 1.82) is 0 Å². The SMILES string of the molecule is [C-]#[O+].[Ru+][I].c1ccc(P(c2ccccc2)c2ccccc2)cc1.c1ccc([C]2[C](c3ccccc3)[C](c3ccccc3)[C](c3ccccc3)[C]2c2ccccc2)cc1. The Balaban J connectivity index is 0.000000208. The third kappa shape index (κ3) is 10.5. The van der Waals surface area contributed by atoms with E-state index in [1.807, 2.05) is 0 Å². The van der Waals surface area contributed by atoms with Crippen molar-refractivity contribution < 1.29 is 19.4 Å². The minimum Gasteiger partial charge on any atom is -0.0622 e. The number of rotatable bonds is 8. The van der Waals surface area contributed by atoms with E-state index in [0.29, 0.717) is 0 Å². The summed E-state index contributed by atoms with van der Waals surface area (Å²) >= 11 is 4.40. The predicted octanol–water partition coefficient (Wildman–Crippen LogP) is 12.4. The molecule has 0 aromatic heterocycles. The molecule has 5 radical (unpaired) electrons. The molecule has 1 saturated carbocycles. The van der Waals surface area contributed by atoms with Crippen LogP contribution in [-0.4, -0.2) is 0 Å². The average Bonchev–Trinajstić information content (AvgIpc) is 3.70. The van der Waals surface area contributed by atoms with E-state index in [1.54, 1.807) is 0 Å². The molecule has 0 bridgehead atoms. The third-order valence-electron chi connectivity index (χ3n) is 9.61. The summed E-state index contributed by atoms with van der Waals surface area (Å²) in [5.41, 5.74) is 6.13. The summed E-state index contributed by atoms with van der Waals surface area (Å²) in [4.78, 5) is 0. The molecular weight excluding hydrogens is 924 g/mol. The molecule has 281 valence electrons. The van der Waals surface area contributed by atoms with Crippen molar-refractivity contribution in [1.82, 2.24) is 0 Å². The van der Waals surface area contributed by atoms with Gasteiger partial charge in [0.15, 0.2) is 0 Å². The Bertz CT molecular complexity index is 1980. The van der Waals surface area contributed by atoms with E-state index in [4.69, 9.17) is 4.65 Å². The molecule has 8 aromatic carbocycles. The van der Waals surface area contributed by atoms with Crippen molar-refractivity contribution in [3.05, 3.63) is 307 Å². The van der Waals surface area contributed by atoms with Crippen LogP contribution in [0.25, 0.3) is 0 Å². The first kappa shape index (κ1) is 42.9. The first-order valence-electron chi connectivity index (χ1n) is 18.8. The molecule has 58 heavy (non-hydrogen) atoms. The molecule has 1 aliphatic carbocycles. The predicted molar refractivity (Wildman–Crippen MR) is 247 cm³/mol. The summed E-state index contributed by atoms with van der Waals surface area (Å²) in [5.74, 6) is 6.39. The zero-order chi connectivity index (χ0) is 40.4. The van der Waals surface area contributed by atoms with E-state index >= 15 is 0 Å². The standard InChI is InChI=1S/C35H25.C18H15P.CO.HI.Ru/c1-6-16-26(17-7-1)31-32(27-18-8-2-9-19-27)34(29-22-12-4-13-23-29)35(30-24-14-5-15-25-30)33(31)28-20-10-3-11-21-28;1-4-10-16(11-5-1)19(17-12-6-2-7-13-17)18-14-8-3-9-15-18;1-2;;/h1-25H;1-15H;;1H;/q;;;;+2/p-1. The minimum atomic E-state index is -0.446. The van der Waals surface area contributed by atoms with Gasteiger partial charge < -0.3 is 0 Å². The summed E-state index contributed by atoms with van der Waals surface area (Å²) < 4.78 is 7.50. The topological polar surface area (TPSA) is 19.9 Å². The Morgan fingerprint density at radius 3 is 0.552 bits per heavy atom. The van der Waals surface area contributed by atoms with Crippen LogP contribution in [0.1, 0.15) is 27.8 Å². The van der Waals surface area contributed by atoms with Gasteiger partial charge in [0.1, 0.15) is 0 Å². The van der Waals surface area contributed by atoms with Crippen LogP contribution in [0, 0.1) is 36.2 Å². The molecular formula is C54H40IOPRu+. The molecule has 8 aromatic rings. The number of benzene rings is 8. The fourth-order valence-corrected chi connectivity index (χ4v) is 9.58. The Labute approximate surface area is 367 Å². The van der Waals surface area contributed by atoms with Crippen LogP contribution >= 0.6 is 27.7 Å². The molecule has 0 heterocycles. The van der Waals surface area contributed by atoms with Crippen molar-refractivity contribution in [3.8, 4) is 0 Å². The molecule has 0 atom stereocenters. The fraction of sp³-hybridized carbons (Fsp3) is 0. The monoisotopic (exact) mass is 964 g/mol. The van der Waals surface area contributed by atoms with Crippen molar-refractivity contribution in [3.63, 3.8) is 0 Å². The van der Waals surface area contributed by atoms with Gasteiger partial charge >= 0.3 is 45.8 Å². The maximum atomic E-state index is 7.50. The van der Waals surface area contributed by atoms with Crippen LogP contribution in [0.4, 0.5) is 0 Å². The first-order chi connectivity index (χ1) is 28.9. The third-order valence-corrected chi connectivity index (χ3v) is 12.0. The van der Waals surface area contributed by atoms with E-state index < -0.39 is 7.92 Å². The summed E-state index contributed by atoms with van der Waals surface area (Å²) in [5, 5.41) is 4.19. The van der Waals surface area contributed by atoms with Crippen LogP contribution in [0.5, 0.6) is 0 Å². The Morgan fingerprint density at radius 2 is 0.397 bits per heavy atom. The summed E-state index contributed by atoms with van der Waals surface area (Å²) in [6.07, 6.45) is 0. The van der Waals surface area contributed by atoms with Gasteiger partial charge in [-0.15, -0.1) is 0 Å². The van der Waals surface area contributed by atoms with Gasteiger partial charge in [-0.05, 0) is 51.7 Å². The Kier molecular flexibility index (Phi) is 17.0. The zero-order valence-corrected chi connectivity index (χ0v) is 36.5.